The molecular weight excluding hydrogens is 163 g/mol. The molecule has 0 heterocycles. The van der Waals surface area contributed by atoms with E-state index in [-0.39, 0.29) is 25.5 Å². The number of carbonyl (C=O) groups is 1. The molecule has 0 fully saturated rings. The number of carboxylic acid groups (broad SMARTS) is 1. The van der Waals surface area contributed by atoms with Gasteiger partial charge in [0.05, 0.1) is 0 Å². The van der Waals surface area contributed by atoms with Gasteiger partial charge in [-0.25, -0.2) is 4.79 Å². The Labute approximate surface area is 93.0 Å². The van der Waals surface area contributed by atoms with Gasteiger partial charge >= 0.3 is 24.8 Å². The largest absolute Gasteiger partial charge is 1.00 e. The molecule has 0 aliphatic carbocycles. The Balaban J connectivity index is -0.000000220. The van der Waals surface area contributed by atoms with Gasteiger partial charge in [-0.05, 0) is 5.92 Å². The SMILES string of the molecule is CC(C)COCC(=O)O.[CH2-]CC.[Li+]. The van der Waals surface area contributed by atoms with Gasteiger partial charge in [-0.15, -0.1) is 0 Å². The summed E-state index contributed by atoms with van der Waals surface area (Å²) in [5.41, 5.74) is 0. The Morgan fingerprint density at radius 1 is 1.54 bits per heavy atom. The summed E-state index contributed by atoms with van der Waals surface area (Å²) in [6.45, 7) is 9.79. The fraction of sp³-hybridized carbons (Fsp3) is 0.778. The third-order valence-electron chi connectivity index (χ3n) is 0.677. The van der Waals surface area contributed by atoms with E-state index in [1.807, 2.05) is 20.8 Å². The fourth-order valence-corrected chi connectivity index (χ4v) is 0.382. The molecule has 0 radical (unpaired) electrons. The van der Waals surface area contributed by atoms with Gasteiger partial charge in [0, 0.05) is 6.61 Å². The second-order valence-corrected chi connectivity index (χ2v) is 2.80. The second-order valence-electron chi connectivity index (χ2n) is 2.80. The molecule has 13 heavy (non-hydrogen) atoms. The number of hydrogen-bond donors (Lipinski definition) is 1. The summed E-state index contributed by atoms with van der Waals surface area (Å²) >= 11 is 0. The summed E-state index contributed by atoms with van der Waals surface area (Å²) in [5.74, 6) is -0.500. The number of carboxylic acids is 1. The zero-order valence-corrected chi connectivity index (χ0v) is 9.17. The molecule has 0 aliphatic rings. The van der Waals surface area contributed by atoms with Gasteiger partial charge in [0.15, 0.2) is 0 Å². The van der Waals surface area contributed by atoms with Crippen LogP contribution in [-0.2, 0) is 9.53 Å². The van der Waals surface area contributed by atoms with Crippen molar-refractivity contribution in [2.24, 2.45) is 5.92 Å². The standard InChI is InChI=1S/C6H12O3.C3H7.Li/c1-5(2)3-9-4-6(7)8;1-3-2;/h5H,3-4H2,1-2H3,(H,7,8);1,3H2,2H3;/q;-1;+1. The third-order valence-corrected chi connectivity index (χ3v) is 0.677. The number of hydrogen-bond acceptors (Lipinski definition) is 2. The Kier molecular flexibility index (Phi) is 21.0. The second kappa shape index (κ2) is 14.5. The zero-order chi connectivity index (χ0) is 9.98. The van der Waals surface area contributed by atoms with Crippen LogP contribution in [0, 0.1) is 12.8 Å². The van der Waals surface area contributed by atoms with Crippen molar-refractivity contribution in [1.29, 1.82) is 0 Å². The molecule has 0 bridgehead atoms. The summed E-state index contributed by atoms with van der Waals surface area (Å²) in [4.78, 5) is 9.86. The first kappa shape index (κ1) is 18.7. The van der Waals surface area contributed by atoms with E-state index in [4.69, 9.17) is 9.84 Å². The monoisotopic (exact) mass is 182 g/mol. The molecule has 0 unspecified atom stereocenters. The smallest absolute Gasteiger partial charge is 0.480 e. The van der Waals surface area contributed by atoms with Crippen molar-refractivity contribution in [1.82, 2.24) is 0 Å². The summed E-state index contributed by atoms with van der Waals surface area (Å²) in [7, 11) is 0. The minimum Gasteiger partial charge on any atom is -0.480 e. The first-order valence-electron chi connectivity index (χ1n) is 4.13. The van der Waals surface area contributed by atoms with Crippen LogP contribution in [0.5, 0.6) is 0 Å². The maximum Gasteiger partial charge on any atom is 1.00 e. The van der Waals surface area contributed by atoms with Gasteiger partial charge in [-0.1, -0.05) is 20.8 Å². The van der Waals surface area contributed by atoms with E-state index in [1.165, 1.54) is 0 Å². The molecular formula is C9H19LiO3. The Hall–Kier alpha value is 0.0274. The molecule has 0 spiro atoms. The summed E-state index contributed by atoms with van der Waals surface area (Å²) in [6, 6.07) is 0. The molecule has 74 valence electrons. The molecule has 0 saturated carbocycles. The van der Waals surface area contributed by atoms with Crippen molar-refractivity contribution in [3.05, 3.63) is 6.92 Å². The average Bonchev–Trinajstić information content (AvgIpc) is 1.87. The summed E-state index contributed by atoms with van der Waals surface area (Å²) in [6.07, 6.45) is 1.00. The molecule has 0 aromatic carbocycles. The van der Waals surface area contributed by atoms with Gasteiger partial charge in [0.1, 0.15) is 6.61 Å². The first-order valence-corrected chi connectivity index (χ1v) is 4.13. The zero-order valence-electron chi connectivity index (χ0n) is 9.17. The van der Waals surface area contributed by atoms with Crippen LogP contribution >= 0.6 is 0 Å². The topological polar surface area (TPSA) is 46.5 Å². The molecule has 3 nitrogen and oxygen atoms in total. The van der Waals surface area contributed by atoms with Crippen molar-refractivity contribution in [2.45, 2.75) is 27.2 Å². The summed E-state index contributed by atoms with van der Waals surface area (Å²) < 4.78 is 4.76. The molecule has 0 aromatic rings. The van der Waals surface area contributed by atoms with Crippen LogP contribution in [0.1, 0.15) is 27.2 Å². The molecule has 0 atom stereocenters. The molecule has 0 aliphatic heterocycles. The van der Waals surface area contributed by atoms with Gasteiger partial charge in [0.25, 0.3) is 0 Å². The van der Waals surface area contributed by atoms with Gasteiger partial charge in [-0.3, -0.25) is 0 Å². The fourth-order valence-electron chi connectivity index (χ4n) is 0.382. The van der Waals surface area contributed by atoms with Crippen molar-refractivity contribution in [2.75, 3.05) is 13.2 Å². The minimum absolute atomic E-state index is 0. The van der Waals surface area contributed by atoms with Crippen LogP contribution in [0.4, 0.5) is 0 Å². The van der Waals surface area contributed by atoms with E-state index in [0.29, 0.717) is 12.5 Å². The van der Waals surface area contributed by atoms with Crippen molar-refractivity contribution in [3.63, 3.8) is 0 Å². The van der Waals surface area contributed by atoms with E-state index in [0.717, 1.165) is 6.42 Å². The number of aliphatic carboxylic acids is 1. The molecule has 0 rings (SSSR count). The van der Waals surface area contributed by atoms with Crippen molar-refractivity contribution >= 4 is 5.97 Å². The van der Waals surface area contributed by atoms with Crippen LogP contribution < -0.4 is 18.9 Å². The summed E-state index contributed by atoms with van der Waals surface area (Å²) in [5, 5.41) is 8.10. The molecule has 1 N–H and O–H groups in total. The van der Waals surface area contributed by atoms with E-state index < -0.39 is 5.97 Å². The number of ether oxygens (including phenoxy) is 1. The molecule has 4 heteroatoms. The Morgan fingerprint density at radius 2 is 1.92 bits per heavy atom. The normalized spacial score (nSPS) is 8.38. The van der Waals surface area contributed by atoms with Gasteiger partial charge in [0.2, 0.25) is 0 Å². The third kappa shape index (κ3) is 33.3. The predicted octanol–water partition coefficient (Wildman–Crippen LogP) is -1.02. The van der Waals surface area contributed by atoms with Crippen molar-refractivity contribution < 1.29 is 33.5 Å². The Morgan fingerprint density at radius 3 is 2.15 bits per heavy atom. The molecule has 0 saturated heterocycles. The molecule has 0 aromatic heterocycles. The van der Waals surface area contributed by atoms with Crippen LogP contribution in [0.2, 0.25) is 0 Å². The minimum atomic E-state index is -0.907. The van der Waals surface area contributed by atoms with Crippen LogP contribution in [0.25, 0.3) is 0 Å². The van der Waals surface area contributed by atoms with E-state index >= 15 is 0 Å². The van der Waals surface area contributed by atoms with E-state index in [2.05, 4.69) is 6.92 Å². The van der Waals surface area contributed by atoms with Crippen LogP contribution in [-0.4, -0.2) is 24.3 Å². The first-order chi connectivity index (χ1) is 5.54. The maximum atomic E-state index is 9.86. The van der Waals surface area contributed by atoms with Gasteiger partial charge in [-0.2, -0.15) is 6.42 Å². The van der Waals surface area contributed by atoms with Crippen molar-refractivity contribution in [3.8, 4) is 0 Å². The quantitative estimate of drug-likeness (QED) is 0.447. The van der Waals surface area contributed by atoms with E-state index in [1.54, 1.807) is 0 Å². The maximum absolute atomic E-state index is 9.86. The van der Waals surface area contributed by atoms with Gasteiger partial charge < -0.3 is 16.8 Å². The number of rotatable bonds is 4. The predicted molar refractivity (Wildman–Crippen MR) is 48.9 cm³/mol. The van der Waals surface area contributed by atoms with Crippen LogP contribution in [0.15, 0.2) is 0 Å². The molecule has 0 amide bonds. The average molecular weight is 182 g/mol. The van der Waals surface area contributed by atoms with Crippen LogP contribution in [0.3, 0.4) is 0 Å². The van der Waals surface area contributed by atoms with E-state index in [9.17, 15) is 4.79 Å². The Bertz CT molecular complexity index is 105.